The smallest absolute Gasteiger partial charge is 0.309 e. The maximum atomic E-state index is 12.6. The number of phenols is 1. The molecular weight excluding hydrogens is 294 g/mol. The number of carbonyl (C=O) groups excluding carboxylic acids is 2. The zero-order valence-electron chi connectivity index (χ0n) is 13.4. The summed E-state index contributed by atoms with van der Waals surface area (Å²) < 4.78 is 5.06. The summed E-state index contributed by atoms with van der Waals surface area (Å²) in [7, 11) is 0. The average molecular weight is 317 g/mol. The van der Waals surface area contributed by atoms with E-state index in [1.807, 2.05) is 24.0 Å². The van der Waals surface area contributed by atoms with E-state index in [0.29, 0.717) is 32.5 Å². The topological polar surface area (TPSA) is 66.8 Å². The van der Waals surface area contributed by atoms with Gasteiger partial charge in [-0.3, -0.25) is 9.59 Å². The van der Waals surface area contributed by atoms with Crippen molar-refractivity contribution in [1.82, 2.24) is 4.90 Å². The fraction of sp³-hybridized carbons (Fsp3) is 0.556. The molecule has 1 heterocycles. The van der Waals surface area contributed by atoms with Crippen molar-refractivity contribution in [1.29, 1.82) is 0 Å². The zero-order chi connectivity index (χ0) is 16.4. The fourth-order valence-electron chi connectivity index (χ4n) is 3.39. The Hall–Kier alpha value is -2.04. The maximum Gasteiger partial charge on any atom is 0.309 e. The summed E-state index contributed by atoms with van der Waals surface area (Å²) in [6.07, 6.45) is 2.27. The van der Waals surface area contributed by atoms with Gasteiger partial charge in [0.05, 0.1) is 12.5 Å². The maximum absolute atomic E-state index is 12.6. The van der Waals surface area contributed by atoms with Gasteiger partial charge in [-0.2, -0.15) is 0 Å². The Morgan fingerprint density at radius 1 is 1.22 bits per heavy atom. The zero-order valence-corrected chi connectivity index (χ0v) is 13.4. The van der Waals surface area contributed by atoms with Gasteiger partial charge in [-0.15, -0.1) is 0 Å². The first-order chi connectivity index (χ1) is 11.1. The van der Waals surface area contributed by atoms with Crippen LogP contribution in [-0.2, 0) is 14.3 Å². The van der Waals surface area contributed by atoms with E-state index in [0.717, 1.165) is 12.0 Å². The van der Waals surface area contributed by atoms with Gasteiger partial charge in [0.25, 0.3) is 0 Å². The van der Waals surface area contributed by atoms with E-state index in [1.54, 1.807) is 12.1 Å². The Morgan fingerprint density at radius 2 is 1.87 bits per heavy atom. The van der Waals surface area contributed by atoms with Gasteiger partial charge in [-0.25, -0.2) is 0 Å². The summed E-state index contributed by atoms with van der Waals surface area (Å²) >= 11 is 0. The molecule has 0 spiro atoms. The Balaban J connectivity index is 1.51. The van der Waals surface area contributed by atoms with Crippen molar-refractivity contribution in [3.8, 4) is 5.75 Å². The predicted octanol–water partition coefficient (Wildman–Crippen LogP) is 2.30. The SMILES string of the molecule is CCOC(=O)C1CCN(C(=O)C2CC2c2ccc(O)cc2)CC1. The van der Waals surface area contributed by atoms with Crippen LogP contribution in [0.1, 0.15) is 37.7 Å². The number of esters is 1. The van der Waals surface area contributed by atoms with Crippen LogP contribution in [0.15, 0.2) is 24.3 Å². The standard InChI is InChI=1S/C18H23NO4/c1-2-23-18(22)13-7-9-19(10-8-13)17(21)16-11-15(16)12-3-5-14(20)6-4-12/h3-6,13,15-16,20H,2,7-11H2,1H3. The number of piperidine rings is 1. The van der Waals surface area contributed by atoms with Gasteiger partial charge >= 0.3 is 5.97 Å². The lowest BCUT2D eigenvalue weighted by Crippen LogP contribution is -2.41. The van der Waals surface area contributed by atoms with Crippen molar-refractivity contribution in [2.45, 2.75) is 32.1 Å². The Kier molecular flexibility index (Phi) is 4.55. The molecule has 23 heavy (non-hydrogen) atoms. The first kappa shape index (κ1) is 15.8. The minimum Gasteiger partial charge on any atom is -0.508 e. The van der Waals surface area contributed by atoms with Gasteiger partial charge in [0.1, 0.15) is 5.75 Å². The molecule has 1 aliphatic heterocycles. The third kappa shape index (κ3) is 3.49. The van der Waals surface area contributed by atoms with Crippen molar-refractivity contribution in [2.75, 3.05) is 19.7 Å². The summed E-state index contributed by atoms with van der Waals surface area (Å²) in [6, 6.07) is 7.11. The summed E-state index contributed by atoms with van der Waals surface area (Å²) in [5.41, 5.74) is 1.11. The number of nitrogens with zero attached hydrogens (tertiary/aromatic N) is 1. The highest BCUT2D eigenvalue weighted by atomic mass is 16.5. The first-order valence-electron chi connectivity index (χ1n) is 8.34. The molecule has 0 bridgehead atoms. The van der Waals surface area contributed by atoms with Crippen molar-refractivity contribution < 1.29 is 19.4 Å². The Bertz CT molecular complexity index is 575. The number of benzene rings is 1. The molecule has 2 aliphatic rings. The molecule has 2 unspecified atom stereocenters. The molecule has 5 heteroatoms. The van der Waals surface area contributed by atoms with Crippen LogP contribution in [0.3, 0.4) is 0 Å². The van der Waals surface area contributed by atoms with E-state index in [2.05, 4.69) is 0 Å². The van der Waals surface area contributed by atoms with Crippen LogP contribution in [0.5, 0.6) is 5.75 Å². The second-order valence-electron chi connectivity index (χ2n) is 6.39. The first-order valence-corrected chi connectivity index (χ1v) is 8.34. The number of carbonyl (C=O) groups is 2. The highest BCUT2D eigenvalue weighted by Crippen LogP contribution is 2.49. The molecule has 124 valence electrons. The molecule has 0 aromatic heterocycles. The van der Waals surface area contributed by atoms with E-state index in [4.69, 9.17) is 4.74 Å². The number of hydrogen-bond donors (Lipinski definition) is 1. The van der Waals surface area contributed by atoms with Crippen LogP contribution >= 0.6 is 0 Å². The second-order valence-corrected chi connectivity index (χ2v) is 6.39. The van der Waals surface area contributed by atoms with E-state index in [9.17, 15) is 14.7 Å². The summed E-state index contributed by atoms with van der Waals surface area (Å²) in [4.78, 5) is 26.2. The molecule has 1 aliphatic carbocycles. The lowest BCUT2D eigenvalue weighted by atomic mass is 9.96. The van der Waals surface area contributed by atoms with Crippen molar-refractivity contribution >= 4 is 11.9 Å². The van der Waals surface area contributed by atoms with E-state index in [-0.39, 0.29) is 35.4 Å². The van der Waals surface area contributed by atoms with Gasteiger partial charge in [-0.05, 0) is 49.8 Å². The van der Waals surface area contributed by atoms with Crippen LogP contribution in [0.4, 0.5) is 0 Å². The summed E-state index contributed by atoms with van der Waals surface area (Å²) in [5, 5.41) is 9.33. The third-order valence-electron chi connectivity index (χ3n) is 4.86. The minimum absolute atomic E-state index is 0.0543. The minimum atomic E-state index is -0.131. The van der Waals surface area contributed by atoms with Crippen molar-refractivity contribution in [3.63, 3.8) is 0 Å². The number of rotatable bonds is 4. The van der Waals surface area contributed by atoms with Gasteiger partial charge in [0.15, 0.2) is 0 Å². The lowest BCUT2D eigenvalue weighted by molar-refractivity contribution is -0.151. The molecule has 1 amide bonds. The summed E-state index contributed by atoms with van der Waals surface area (Å²) in [5.74, 6) is 0.576. The Morgan fingerprint density at radius 3 is 2.48 bits per heavy atom. The van der Waals surface area contributed by atoms with Crippen LogP contribution in [0.2, 0.25) is 0 Å². The van der Waals surface area contributed by atoms with Crippen LogP contribution < -0.4 is 0 Å². The number of likely N-dealkylation sites (tertiary alicyclic amines) is 1. The molecule has 2 fully saturated rings. The highest BCUT2D eigenvalue weighted by Gasteiger charge is 2.46. The molecule has 3 rings (SSSR count). The monoisotopic (exact) mass is 317 g/mol. The van der Waals surface area contributed by atoms with E-state index in [1.165, 1.54) is 0 Å². The lowest BCUT2D eigenvalue weighted by Gasteiger charge is -2.31. The molecular formula is C18H23NO4. The van der Waals surface area contributed by atoms with Gasteiger partial charge in [-0.1, -0.05) is 12.1 Å². The number of amides is 1. The van der Waals surface area contributed by atoms with Crippen molar-refractivity contribution in [2.24, 2.45) is 11.8 Å². The summed E-state index contributed by atoms with van der Waals surface area (Å²) in [6.45, 7) is 3.50. The molecule has 1 N–H and O–H groups in total. The van der Waals surface area contributed by atoms with Crippen LogP contribution in [0, 0.1) is 11.8 Å². The van der Waals surface area contributed by atoms with Gasteiger partial charge < -0.3 is 14.7 Å². The molecule has 1 saturated carbocycles. The molecule has 0 radical (unpaired) electrons. The molecule has 5 nitrogen and oxygen atoms in total. The number of hydrogen-bond acceptors (Lipinski definition) is 4. The van der Waals surface area contributed by atoms with E-state index < -0.39 is 0 Å². The van der Waals surface area contributed by atoms with E-state index >= 15 is 0 Å². The van der Waals surface area contributed by atoms with Gasteiger partial charge in [0.2, 0.25) is 5.91 Å². The molecule has 1 aromatic carbocycles. The quantitative estimate of drug-likeness (QED) is 0.865. The predicted molar refractivity (Wildman–Crippen MR) is 84.9 cm³/mol. The number of aromatic hydroxyl groups is 1. The van der Waals surface area contributed by atoms with Crippen LogP contribution in [-0.4, -0.2) is 41.6 Å². The third-order valence-corrected chi connectivity index (χ3v) is 4.86. The average Bonchev–Trinajstić information content (AvgIpc) is 3.36. The number of ether oxygens (including phenoxy) is 1. The molecule has 2 atom stereocenters. The highest BCUT2D eigenvalue weighted by molar-refractivity contribution is 5.83. The molecule has 1 saturated heterocycles. The van der Waals surface area contributed by atoms with Crippen LogP contribution in [0.25, 0.3) is 0 Å². The van der Waals surface area contributed by atoms with Crippen molar-refractivity contribution in [3.05, 3.63) is 29.8 Å². The largest absolute Gasteiger partial charge is 0.508 e. The fourth-order valence-corrected chi connectivity index (χ4v) is 3.39. The number of phenolic OH excluding ortho intramolecular Hbond substituents is 1. The second kappa shape index (κ2) is 6.60. The normalized spacial score (nSPS) is 24.3. The van der Waals surface area contributed by atoms with Gasteiger partial charge in [0, 0.05) is 19.0 Å². The molecule has 1 aromatic rings. The Labute approximate surface area is 136 Å².